The molecule has 2 aromatic carbocycles. The van der Waals surface area contributed by atoms with Gasteiger partial charge in [0.1, 0.15) is 16.4 Å². The lowest BCUT2D eigenvalue weighted by molar-refractivity contribution is -0.119. The van der Waals surface area contributed by atoms with Crippen molar-refractivity contribution in [1.82, 2.24) is 4.31 Å². The van der Waals surface area contributed by atoms with E-state index in [1.54, 1.807) is 12.1 Å². The van der Waals surface area contributed by atoms with E-state index in [0.717, 1.165) is 0 Å². The summed E-state index contributed by atoms with van der Waals surface area (Å²) in [7, 11) is -1.16. The second-order valence-corrected chi connectivity index (χ2v) is 9.19. The number of nitrogens with one attached hydrogen (secondary N) is 1. The van der Waals surface area contributed by atoms with Crippen LogP contribution >= 0.6 is 11.6 Å². The molecule has 33 heavy (non-hydrogen) atoms. The lowest BCUT2D eigenvalue weighted by atomic mass is 10.2. The minimum absolute atomic E-state index is 0.0456. The topological polar surface area (TPSA) is 120 Å². The van der Waals surface area contributed by atoms with Crippen molar-refractivity contribution < 1.29 is 37.0 Å². The highest BCUT2D eigenvalue weighted by molar-refractivity contribution is 7.89. The van der Waals surface area contributed by atoms with Gasteiger partial charge in [-0.2, -0.15) is 4.31 Å². The minimum atomic E-state index is -3.93. The van der Waals surface area contributed by atoms with Crippen LogP contribution in [-0.4, -0.2) is 71.7 Å². The molecule has 10 nitrogen and oxygen atoms in total. The zero-order valence-electron chi connectivity index (χ0n) is 18.0. The van der Waals surface area contributed by atoms with Gasteiger partial charge in [0.15, 0.2) is 6.61 Å². The maximum Gasteiger partial charge on any atom is 0.338 e. The molecular formula is C21H23ClN2O8S. The lowest BCUT2D eigenvalue weighted by Gasteiger charge is -2.26. The standard InChI is InChI=1S/C21H23ClN2O8S/c1-29-17-6-4-15(22)12-16(17)23-20(25)13-32-21(26)14-3-5-18(30-2)19(11-14)33(27,28)24-7-9-31-10-8-24/h3-6,11-12H,7-10,13H2,1-2H3,(H,23,25). The van der Waals surface area contributed by atoms with Gasteiger partial charge in [-0.05, 0) is 36.4 Å². The Balaban J connectivity index is 1.72. The van der Waals surface area contributed by atoms with Gasteiger partial charge >= 0.3 is 5.97 Å². The average Bonchev–Trinajstić information content (AvgIpc) is 2.82. The van der Waals surface area contributed by atoms with Gasteiger partial charge < -0.3 is 24.3 Å². The van der Waals surface area contributed by atoms with E-state index in [2.05, 4.69) is 5.32 Å². The van der Waals surface area contributed by atoms with Gasteiger partial charge in [0.25, 0.3) is 5.91 Å². The van der Waals surface area contributed by atoms with Gasteiger partial charge in [-0.15, -0.1) is 0 Å². The SMILES string of the molecule is COc1ccc(Cl)cc1NC(=O)COC(=O)c1ccc(OC)c(S(=O)(=O)N2CCOCC2)c1. The van der Waals surface area contributed by atoms with Crippen molar-refractivity contribution in [2.45, 2.75) is 4.90 Å². The molecule has 1 N–H and O–H groups in total. The molecule has 1 aliphatic heterocycles. The fraction of sp³-hybridized carbons (Fsp3) is 0.333. The predicted molar refractivity (Wildman–Crippen MR) is 119 cm³/mol. The number of nitrogens with zero attached hydrogens (tertiary/aromatic N) is 1. The third-order valence-corrected chi connectivity index (χ3v) is 6.91. The number of benzene rings is 2. The zero-order chi connectivity index (χ0) is 24.0. The molecule has 1 amide bonds. The summed E-state index contributed by atoms with van der Waals surface area (Å²) in [5.41, 5.74) is 0.269. The van der Waals surface area contributed by atoms with E-state index in [4.69, 9.17) is 30.5 Å². The van der Waals surface area contributed by atoms with Crippen LogP contribution in [0.1, 0.15) is 10.4 Å². The first kappa shape index (κ1) is 24.8. The second kappa shape index (κ2) is 10.8. The number of carbonyl (C=O) groups is 2. The summed E-state index contributed by atoms with van der Waals surface area (Å²) in [5.74, 6) is -1.03. The van der Waals surface area contributed by atoms with Crippen LogP contribution in [0.4, 0.5) is 5.69 Å². The number of morpholine rings is 1. The Morgan fingerprint density at radius 2 is 1.73 bits per heavy atom. The molecule has 0 bridgehead atoms. The Morgan fingerprint density at radius 1 is 1.06 bits per heavy atom. The molecule has 12 heteroatoms. The van der Waals surface area contributed by atoms with Crippen molar-refractivity contribution in [2.75, 3.05) is 52.4 Å². The molecular weight excluding hydrogens is 476 g/mol. The first-order chi connectivity index (χ1) is 15.8. The van der Waals surface area contributed by atoms with E-state index in [1.165, 1.54) is 42.8 Å². The minimum Gasteiger partial charge on any atom is -0.495 e. The highest BCUT2D eigenvalue weighted by atomic mass is 35.5. The Hall–Kier alpha value is -2.86. The van der Waals surface area contributed by atoms with Crippen LogP contribution in [0.15, 0.2) is 41.3 Å². The number of amides is 1. The van der Waals surface area contributed by atoms with Crippen LogP contribution in [-0.2, 0) is 24.3 Å². The summed E-state index contributed by atoms with van der Waals surface area (Å²) < 4.78 is 47.9. The number of ether oxygens (including phenoxy) is 4. The van der Waals surface area contributed by atoms with Crippen molar-refractivity contribution in [3.05, 3.63) is 47.0 Å². The Bertz CT molecular complexity index is 1130. The maximum absolute atomic E-state index is 13.1. The lowest BCUT2D eigenvalue weighted by Crippen LogP contribution is -2.40. The van der Waals surface area contributed by atoms with E-state index >= 15 is 0 Å². The Kier molecular flexibility index (Phi) is 8.14. The maximum atomic E-state index is 13.1. The van der Waals surface area contributed by atoms with Crippen molar-refractivity contribution >= 4 is 39.2 Å². The summed E-state index contributed by atoms with van der Waals surface area (Å²) in [6.07, 6.45) is 0. The van der Waals surface area contributed by atoms with Crippen LogP contribution in [0.5, 0.6) is 11.5 Å². The number of anilines is 1. The van der Waals surface area contributed by atoms with E-state index in [9.17, 15) is 18.0 Å². The average molecular weight is 499 g/mol. The number of halogens is 1. The van der Waals surface area contributed by atoms with Crippen molar-refractivity contribution in [1.29, 1.82) is 0 Å². The number of hydrogen-bond donors (Lipinski definition) is 1. The van der Waals surface area contributed by atoms with Crippen molar-refractivity contribution in [2.24, 2.45) is 0 Å². The fourth-order valence-electron chi connectivity index (χ4n) is 3.11. The molecule has 1 fully saturated rings. The number of methoxy groups -OCH3 is 2. The molecule has 0 saturated carbocycles. The third kappa shape index (κ3) is 5.93. The highest BCUT2D eigenvalue weighted by Crippen LogP contribution is 2.29. The van der Waals surface area contributed by atoms with E-state index in [0.29, 0.717) is 16.5 Å². The fourth-order valence-corrected chi connectivity index (χ4v) is 4.87. The number of hydrogen-bond acceptors (Lipinski definition) is 8. The first-order valence-electron chi connectivity index (χ1n) is 9.82. The highest BCUT2D eigenvalue weighted by Gasteiger charge is 2.30. The number of esters is 1. The molecule has 0 spiro atoms. The Labute approximate surface area is 196 Å². The van der Waals surface area contributed by atoms with Gasteiger partial charge in [-0.1, -0.05) is 11.6 Å². The van der Waals surface area contributed by atoms with Gasteiger partial charge in [-0.3, -0.25) is 4.79 Å². The monoisotopic (exact) mass is 498 g/mol. The van der Waals surface area contributed by atoms with E-state index in [1.807, 2.05) is 0 Å². The molecule has 2 aromatic rings. The molecule has 178 valence electrons. The first-order valence-corrected chi connectivity index (χ1v) is 11.6. The van der Waals surface area contributed by atoms with Crippen LogP contribution in [0.25, 0.3) is 0 Å². The van der Waals surface area contributed by atoms with E-state index in [-0.39, 0.29) is 42.5 Å². The van der Waals surface area contributed by atoms with Crippen LogP contribution in [0.2, 0.25) is 5.02 Å². The smallest absolute Gasteiger partial charge is 0.338 e. The Morgan fingerprint density at radius 3 is 2.39 bits per heavy atom. The van der Waals surface area contributed by atoms with Crippen LogP contribution < -0.4 is 14.8 Å². The second-order valence-electron chi connectivity index (χ2n) is 6.85. The summed E-state index contributed by atoms with van der Waals surface area (Å²) in [4.78, 5) is 24.6. The van der Waals surface area contributed by atoms with E-state index < -0.39 is 28.5 Å². The van der Waals surface area contributed by atoms with Crippen molar-refractivity contribution in [3.63, 3.8) is 0 Å². The summed E-state index contributed by atoms with van der Waals surface area (Å²) in [5, 5.41) is 2.93. The van der Waals surface area contributed by atoms with Gasteiger partial charge in [0.05, 0.1) is 38.7 Å². The molecule has 1 saturated heterocycles. The molecule has 0 aliphatic carbocycles. The molecule has 0 radical (unpaired) electrons. The van der Waals surface area contributed by atoms with Gasteiger partial charge in [-0.25, -0.2) is 13.2 Å². The summed E-state index contributed by atoms with van der Waals surface area (Å²) in [6, 6.07) is 8.56. The van der Waals surface area contributed by atoms with Crippen molar-refractivity contribution in [3.8, 4) is 11.5 Å². The summed E-state index contributed by atoms with van der Waals surface area (Å²) in [6.45, 7) is 0.318. The predicted octanol–water partition coefficient (Wildman–Crippen LogP) is 2.17. The molecule has 3 rings (SSSR count). The molecule has 0 unspecified atom stereocenters. The molecule has 1 heterocycles. The molecule has 1 aliphatic rings. The van der Waals surface area contributed by atoms with Crippen LogP contribution in [0.3, 0.4) is 0 Å². The van der Waals surface area contributed by atoms with Crippen LogP contribution in [0, 0.1) is 0 Å². The normalized spacial score (nSPS) is 14.4. The largest absolute Gasteiger partial charge is 0.495 e. The van der Waals surface area contributed by atoms with Gasteiger partial charge in [0, 0.05) is 18.1 Å². The number of sulfonamides is 1. The summed E-state index contributed by atoms with van der Waals surface area (Å²) >= 11 is 5.94. The molecule has 0 atom stereocenters. The number of rotatable bonds is 8. The quantitative estimate of drug-likeness (QED) is 0.550. The van der Waals surface area contributed by atoms with Gasteiger partial charge in [0.2, 0.25) is 10.0 Å². The number of carbonyl (C=O) groups excluding carboxylic acids is 2. The third-order valence-electron chi connectivity index (χ3n) is 4.76. The molecule has 0 aromatic heterocycles. The zero-order valence-corrected chi connectivity index (χ0v) is 19.6.